The highest BCUT2D eigenvalue weighted by atomic mass is 16.5. The second kappa shape index (κ2) is 10.4. The molecule has 3 heterocycles. The van der Waals surface area contributed by atoms with Crippen LogP contribution in [0.5, 0.6) is 0 Å². The molecule has 5 heteroatoms. The van der Waals surface area contributed by atoms with E-state index >= 15 is 0 Å². The Kier molecular flexibility index (Phi) is 7.31. The van der Waals surface area contributed by atoms with Crippen LogP contribution < -0.4 is 10.6 Å². The van der Waals surface area contributed by atoms with E-state index in [9.17, 15) is 0 Å². The molecule has 0 spiro atoms. The molecule has 0 fully saturated rings. The van der Waals surface area contributed by atoms with Crippen LogP contribution in [-0.4, -0.2) is 29.3 Å². The van der Waals surface area contributed by atoms with E-state index in [1.165, 1.54) is 22.3 Å². The van der Waals surface area contributed by atoms with E-state index in [4.69, 9.17) is 4.74 Å². The maximum absolute atomic E-state index is 5.64. The minimum absolute atomic E-state index is 0.0669. The van der Waals surface area contributed by atoms with Gasteiger partial charge in [0.25, 0.3) is 0 Å². The standard InChI is InChI=1S/C28H36N4O/c1-5-28(16-19-29-22(3)24-9-6-11-26-25(24)10-7-17-30-26)27-12-8-20-32(27)21(2)13-14-23(33-4)15-18-31-28/h6-13,15,17-18,20,22-23,29,31H,5,14,16,19H2,1-4H3/b18-15+,21-13+. The lowest BCUT2D eigenvalue weighted by Crippen LogP contribution is -2.43. The summed E-state index contributed by atoms with van der Waals surface area (Å²) < 4.78 is 7.96. The molecule has 0 saturated carbocycles. The zero-order valence-corrected chi connectivity index (χ0v) is 20.2. The number of fused-ring (bicyclic) bond motifs is 2. The van der Waals surface area contributed by atoms with Crippen LogP contribution in [0.2, 0.25) is 0 Å². The van der Waals surface area contributed by atoms with Crippen molar-refractivity contribution in [3.05, 3.63) is 84.5 Å². The molecule has 1 aromatic carbocycles. The largest absolute Gasteiger partial charge is 0.380 e. The van der Waals surface area contributed by atoms with Crippen molar-refractivity contribution in [2.45, 2.75) is 57.7 Å². The molecule has 2 N–H and O–H groups in total. The van der Waals surface area contributed by atoms with Gasteiger partial charge in [0.1, 0.15) is 0 Å². The molecule has 3 unspecified atom stereocenters. The number of hydrogen-bond acceptors (Lipinski definition) is 4. The van der Waals surface area contributed by atoms with Crippen molar-refractivity contribution >= 4 is 16.6 Å². The molecule has 4 rings (SSSR count). The third kappa shape index (κ3) is 4.90. The Morgan fingerprint density at radius 1 is 1.24 bits per heavy atom. The number of allylic oxidation sites excluding steroid dienone is 1. The van der Waals surface area contributed by atoms with Gasteiger partial charge in [-0.1, -0.05) is 31.2 Å². The lowest BCUT2D eigenvalue weighted by atomic mass is 9.87. The summed E-state index contributed by atoms with van der Waals surface area (Å²) in [6.07, 6.45) is 13.4. The average Bonchev–Trinajstić information content (AvgIpc) is 3.35. The van der Waals surface area contributed by atoms with Crippen LogP contribution in [0, 0.1) is 0 Å². The molecule has 3 atom stereocenters. The van der Waals surface area contributed by atoms with Crippen LogP contribution in [0.4, 0.5) is 0 Å². The summed E-state index contributed by atoms with van der Waals surface area (Å²) in [4.78, 5) is 4.51. The molecule has 5 nitrogen and oxygen atoms in total. The molecule has 0 radical (unpaired) electrons. The van der Waals surface area contributed by atoms with Crippen molar-refractivity contribution in [3.8, 4) is 0 Å². The van der Waals surface area contributed by atoms with Crippen LogP contribution in [0.25, 0.3) is 16.6 Å². The van der Waals surface area contributed by atoms with Gasteiger partial charge in [0.2, 0.25) is 0 Å². The Bertz CT molecular complexity index is 1130. The monoisotopic (exact) mass is 444 g/mol. The topological polar surface area (TPSA) is 51.1 Å². The van der Waals surface area contributed by atoms with Gasteiger partial charge in [-0.25, -0.2) is 0 Å². The molecular weight excluding hydrogens is 408 g/mol. The van der Waals surface area contributed by atoms with Gasteiger partial charge in [-0.3, -0.25) is 4.98 Å². The maximum atomic E-state index is 5.64. The molecule has 2 aromatic heterocycles. The summed E-state index contributed by atoms with van der Waals surface area (Å²) in [5.74, 6) is 0. The van der Waals surface area contributed by atoms with Crippen molar-refractivity contribution < 1.29 is 4.74 Å². The summed E-state index contributed by atoms with van der Waals surface area (Å²) in [5.41, 5.74) is 4.67. The molecule has 0 aliphatic carbocycles. The summed E-state index contributed by atoms with van der Waals surface area (Å²) in [5, 5.41) is 8.75. The Labute approximate surface area is 197 Å². The number of nitrogens with zero attached hydrogens (tertiary/aromatic N) is 2. The molecule has 0 amide bonds. The van der Waals surface area contributed by atoms with Gasteiger partial charge in [-0.15, -0.1) is 0 Å². The van der Waals surface area contributed by atoms with E-state index in [2.05, 4.69) is 102 Å². The van der Waals surface area contributed by atoms with Crippen molar-refractivity contribution in [2.24, 2.45) is 0 Å². The van der Waals surface area contributed by atoms with Crippen LogP contribution in [0.1, 0.15) is 57.3 Å². The van der Waals surface area contributed by atoms with E-state index in [0.717, 1.165) is 31.3 Å². The van der Waals surface area contributed by atoms with Crippen molar-refractivity contribution in [3.63, 3.8) is 0 Å². The van der Waals surface area contributed by atoms with Crippen LogP contribution in [0.3, 0.4) is 0 Å². The fourth-order valence-corrected chi connectivity index (χ4v) is 4.88. The molecule has 1 aliphatic rings. The number of hydrogen-bond donors (Lipinski definition) is 2. The molecule has 3 aromatic rings. The van der Waals surface area contributed by atoms with E-state index in [-0.39, 0.29) is 17.7 Å². The first-order valence-corrected chi connectivity index (χ1v) is 12.0. The second-order valence-electron chi connectivity index (χ2n) is 8.90. The number of pyridine rings is 1. The molecule has 1 aliphatic heterocycles. The number of rotatable bonds is 7. The Morgan fingerprint density at radius 2 is 2.12 bits per heavy atom. The molecule has 33 heavy (non-hydrogen) atoms. The smallest absolute Gasteiger partial charge is 0.0803 e. The fourth-order valence-electron chi connectivity index (χ4n) is 4.88. The summed E-state index contributed by atoms with van der Waals surface area (Å²) in [6.45, 7) is 7.56. The second-order valence-corrected chi connectivity index (χ2v) is 8.90. The maximum Gasteiger partial charge on any atom is 0.0803 e. The van der Waals surface area contributed by atoms with Gasteiger partial charge >= 0.3 is 0 Å². The van der Waals surface area contributed by atoms with Crippen LogP contribution in [-0.2, 0) is 10.3 Å². The number of ether oxygens (including phenoxy) is 1. The number of aromatic nitrogens is 2. The van der Waals surface area contributed by atoms with Gasteiger partial charge in [0.15, 0.2) is 0 Å². The Hall–Kier alpha value is -2.89. The van der Waals surface area contributed by atoms with E-state index in [0.29, 0.717) is 0 Å². The number of benzene rings is 1. The highest BCUT2D eigenvalue weighted by molar-refractivity contribution is 5.82. The predicted octanol–water partition coefficient (Wildman–Crippen LogP) is 5.77. The van der Waals surface area contributed by atoms with E-state index in [1.54, 1.807) is 7.11 Å². The SMILES string of the molecule is CCC1(CCNC(C)c2cccc3ncccc23)N/C=C/C(OC)C/C=C(\C)n2cccc21. The zero-order valence-electron chi connectivity index (χ0n) is 20.2. The highest BCUT2D eigenvalue weighted by Gasteiger charge is 2.32. The first-order chi connectivity index (χ1) is 16.1. The van der Waals surface area contributed by atoms with Crippen LogP contribution in [0.15, 0.2) is 73.2 Å². The lowest BCUT2D eigenvalue weighted by molar-refractivity contribution is 0.142. The molecule has 0 bridgehead atoms. The van der Waals surface area contributed by atoms with E-state index < -0.39 is 0 Å². The minimum Gasteiger partial charge on any atom is -0.380 e. The van der Waals surface area contributed by atoms with Gasteiger partial charge in [-0.05, 0) is 81.8 Å². The van der Waals surface area contributed by atoms with Crippen molar-refractivity contribution in [1.82, 2.24) is 20.2 Å². The third-order valence-electron chi connectivity index (χ3n) is 6.99. The van der Waals surface area contributed by atoms with Crippen molar-refractivity contribution in [1.29, 1.82) is 0 Å². The van der Waals surface area contributed by atoms with E-state index in [1.807, 2.05) is 12.3 Å². The van der Waals surface area contributed by atoms with Gasteiger partial charge in [0, 0.05) is 42.3 Å². The molecule has 0 saturated heterocycles. The molecular formula is C28H36N4O. The first kappa shape index (κ1) is 23.3. The fraction of sp³-hybridized carbons (Fsp3) is 0.393. The number of nitrogens with one attached hydrogen (secondary N) is 2. The Morgan fingerprint density at radius 3 is 2.94 bits per heavy atom. The summed E-state index contributed by atoms with van der Waals surface area (Å²) >= 11 is 0. The average molecular weight is 445 g/mol. The third-order valence-corrected chi connectivity index (χ3v) is 6.99. The highest BCUT2D eigenvalue weighted by Crippen LogP contribution is 2.32. The van der Waals surface area contributed by atoms with Gasteiger partial charge in [0.05, 0.1) is 17.2 Å². The molecule has 174 valence electrons. The quantitative estimate of drug-likeness (QED) is 0.486. The van der Waals surface area contributed by atoms with Gasteiger partial charge < -0.3 is 19.9 Å². The predicted molar refractivity (Wildman–Crippen MR) is 137 cm³/mol. The van der Waals surface area contributed by atoms with Gasteiger partial charge in [-0.2, -0.15) is 0 Å². The summed E-state index contributed by atoms with van der Waals surface area (Å²) in [7, 11) is 1.77. The van der Waals surface area contributed by atoms with Crippen LogP contribution >= 0.6 is 0 Å². The Balaban J connectivity index is 1.57. The summed E-state index contributed by atoms with van der Waals surface area (Å²) in [6, 6.07) is 15.2. The zero-order chi connectivity index (χ0) is 23.3. The number of methoxy groups -OCH3 is 1. The lowest BCUT2D eigenvalue weighted by Gasteiger charge is -2.36. The van der Waals surface area contributed by atoms with Crippen molar-refractivity contribution in [2.75, 3.05) is 13.7 Å². The minimum atomic E-state index is -0.183. The first-order valence-electron chi connectivity index (χ1n) is 12.0. The normalized spacial score (nSPS) is 24.4.